The van der Waals surface area contributed by atoms with Crippen molar-refractivity contribution in [3.63, 3.8) is 0 Å². The van der Waals surface area contributed by atoms with Crippen molar-refractivity contribution in [2.75, 3.05) is 0 Å². The molecule has 0 fully saturated rings. The summed E-state index contributed by atoms with van der Waals surface area (Å²) in [6, 6.07) is 7.22. The Kier molecular flexibility index (Phi) is 4.71. The highest BCUT2D eigenvalue weighted by Crippen LogP contribution is 2.27. The summed E-state index contributed by atoms with van der Waals surface area (Å²) in [5, 5.41) is 0.548. The third-order valence-electron chi connectivity index (χ3n) is 3.62. The van der Waals surface area contributed by atoms with E-state index in [1.54, 1.807) is 26.8 Å². The average molecular weight is 320 g/mol. The van der Waals surface area contributed by atoms with E-state index in [9.17, 15) is 9.59 Å². The number of aryl methyl sites for hydroxylation is 1. The molecule has 1 N–H and O–H groups in total. The summed E-state index contributed by atoms with van der Waals surface area (Å²) < 4.78 is 5.47. The van der Waals surface area contributed by atoms with Crippen LogP contribution in [0, 0.1) is 13.8 Å². The summed E-state index contributed by atoms with van der Waals surface area (Å²) in [6.07, 6.45) is -0.481. The van der Waals surface area contributed by atoms with Gasteiger partial charge in [0, 0.05) is 21.8 Å². The van der Waals surface area contributed by atoms with Crippen LogP contribution in [-0.4, -0.2) is 16.7 Å². The lowest BCUT2D eigenvalue weighted by Gasteiger charge is -2.14. The zero-order valence-corrected chi connectivity index (χ0v) is 13.7. The van der Waals surface area contributed by atoms with Gasteiger partial charge in [-0.2, -0.15) is 0 Å². The topological polar surface area (TPSA) is 59.2 Å². The minimum atomic E-state index is -0.500. The van der Waals surface area contributed by atoms with Crippen molar-refractivity contribution in [1.29, 1.82) is 0 Å². The van der Waals surface area contributed by atoms with Crippen LogP contribution in [0.4, 0.5) is 0 Å². The number of rotatable bonds is 4. The van der Waals surface area contributed by atoms with Crippen LogP contribution in [0.1, 0.15) is 57.6 Å². The molecular formula is C17H18ClNO3. The molecule has 2 rings (SSSR count). The molecule has 1 aromatic heterocycles. The number of halogens is 1. The molecular weight excluding hydrogens is 302 g/mol. The third-order valence-corrected chi connectivity index (χ3v) is 3.96. The molecule has 1 aromatic carbocycles. The summed E-state index contributed by atoms with van der Waals surface area (Å²) in [6.45, 7) is 6.73. The molecule has 0 unspecified atom stereocenters. The number of benzene rings is 1. The van der Waals surface area contributed by atoms with Gasteiger partial charge in [-0.3, -0.25) is 4.79 Å². The van der Waals surface area contributed by atoms with Crippen LogP contribution in [-0.2, 0) is 4.74 Å². The van der Waals surface area contributed by atoms with Crippen LogP contribution < -0.4 is 0 Å². The molecule has 0 aliphatic rings. The van der Waals surface area contributed by atoms with Crippen molar-refractivity contribution in [1.82, 2.24) is 4.98 Å². The Bertz CT molecular complexity index is 734. The second-order valence-corrected chi connectivity index (χ2v) is 5.66. The zero-order chi connectivity index (χ0) is 16.4. The molecule has 0 aliphatic heterocycles. The molecule has 0 spiro atoms. The van der Waals surface area contributed by atoms with Gasteiger partial charge in [0.15, 0.2) is 5.78 Å². The molecule has 116 valence electrons. The van der Waals surface area contributed by atoms with Crippen molar-refractivity contribution in [2.45, 2.75) is 33.8 Å². The molecule has 22 heavy (non-hydrogen) atoms. The number of hydrogen-bond donors (Lipinski definition) is 1. The Labute approximate surface area is 134 Å². The fourth-order valence-electron chi connectivity index (χ4n) is 2.57. The Balaban J connectivity index is 2.25. The second-order valence-electron chi connectivity index (χ2n) is 5.25. The number of aromatic amines is 1. The van der Waals surface area contributed by atoms with Gasteiger partial charge in [-0.15, -0.1) is 0 Å². The largest absolute Gasteiger partial charge is 0.453 e. The number of nitrogens with one attached hydrogen (secondary N) is 1. The first-order valence-electron chi connectivity index (χ1n) is 6.98. The maximum absolute atomic E-state index is 12.3. The first-order chi connectivity index (χ1) is 10.3. The van der Waals surface area contributed by atoms with Crippen molar-refractivity contribution in [3.8, 4) is 0 Å². The van der Waals surface area contributed by atoms with E-state index in [1.807, 2.05) is 18.2 Å². The highest BCUT2D eigenvalue weighted by atomic mass is 35.5. The van der Waals surface area contributed by atoms with Crippen molar-refractivity contribution >= 4 is 23.4 Å². The van der Waals surface area contributed by atoms with E-state index in [1.165, 1.54) is 6.92 Å². The number of ether oxygens (including phenoxy) is 1. The monoisotopic (exact) mass is 319 g/mol. The van der Waals surface area contributed by atoms with Crippen molar-refractivity contribution < 1.29 is 14.3 Å². The summed E-state index contributed by atoms with van der Waals surface area (Å²) in [4.78, 5) is 26.9. The van der Waals surface area contributed by atoms with Crippen molar-refractivity contribution in [3.05, 3.63) is 57.4 Å². The third kappa shape index (κ3) is 3.07. The molecule has 2 aromatic rings. The predicted molar refractivity (Wildman–Crippen MR) is 85.6 cm³/mol. The fraction of sp³-hybridized carbons (Fsp3) is 0.294. The van der Waals surface area contributed by atoms with Crippen LogP contribution in [0.2, 0.25) is 5.02 Å². The number of Topliss-reactive ketones (excluding diaryl/α,β-unsaturated/α-hetero) is 1. The van der Waals surface area contributed by atoms with Crippen LogP contribution >= 0.6 is 11.6 Å². The maximum Gasteiger partial charge on any atom is 0.355 e. The van der Waals surface area contributed by atoms with Gasteiger partial charge in [0.05, 0.1) is 0 Å². The van der Waals surface area contributed by atoms with E-state index in [0.29, 0.717) is 27.5 Å². The molecule has 1 heterocycles. The van der Waals surface area contributed by atoms with E-state index < -0.39 is 12.1 Å². The molecule has 0 saturated heterocycles. The van der Waals surface area contributed by atoms with Gasteiger partial charge in [-0.1, -0.05) is 29.8 Å². The lowest BCUT2D eigenvalue weighted by atomic mass is 10.1. The lowest BCUT2D eigenvalue weighted by Crippen LogP contribution is -2.11. The van der Waals surface area contributed by atoms with Crippen LogP contribution in [0.5, 0.6) is 0 Å². The highest BCUT2D eigenvalue weighted by molar-refractivity contribution is 6.31. The first-order valence-corrected chi connectivity index (χ1v) is 7.36. The average Bonchev–Trinajstić information content (AvgIpc) is 2.74. The number of carbonyl (C=O) groups is 2. The van der Waals surface area contributed by atoms with Gasteiger partial charge in [0.25, 0.3) is 0 Å². The van der Waals surface area contributed by atoms with Gasteiger partial charge in [0.1, 0.15) is 11.8 Å². The number of esters is 1. The standard InChI is InChI=1S/C17H18ClNO3/c1-9-15(11(3)20)10(2)19-16(9)17(21)22-12(4)13-7-5-6-8-14(13)18/h5-8,12,19H,1-4H3/t12-/m0/s1. The molecule has 0 saturated carbocycles. The van der Waals surface area contributed by atoms with E-state index in [2.05, 4.69) is 4.98 Å². The van der Waals surface area contributed by atoms with E-state index in [4.69, 9.17) is 16.3 Å². The second kappa shape index (κ2) is 6.36. The summed E-state index contributed by atoms with van der Waals surface area (Å²) in [7, 11) is 0. The van der Waals surface area contributed by atoms with Gasteiger partial charge >= 0.3 is 5.97 Å². The van der Waals surface area contributed by atoms with E-state index in [-0.39, 0.29) is 5.78 Å². The lowest BCUT2D eigenvalue weighted by molar-refractivity contribution is 0.0331. The van der Waals surface area contributed by atoms with Crippen LogP contribution in [0.3, 0.4) is 0 Å². The number of H-pyrrole nitrogens is 1. The summed E-state index contributed by atoms with van der Waals surface area (Å²) in [5.41, 5.74) is 2.87. The van der Waals surface area contributed by atoms with Gasteiger partial charge in [-0.25, -0.2) is 4.79 Å². The smallest absolute Gasteiger partial charge is 0.355 e. The molecule has 4 nitrogen and oxygen atoms in total. The maximum atomic E-state index is 12.3. The minimum absolute atomic E-state index is 0.0792. The van der Waals surface area contributed by atoms with Crippen LogP contribution in [0.15, 0.2) is 24.3 Å². The molecule has 0 amide bonds. The summed E-state index contributed by atoms with van der Waals surface area (Å²) in [5.74, 6) is -0.579. The molecule has 5 heteroatoms. The van der Waals surface area contributed by atoms with Gasteiger partial charge in [0.2, 0.25) is 0 Å². The van der Waals surface area contributed by atoms with Crippen LogP contribution in [0.25, 0.3) is 0 Å². The first kappa shape index (κ1) is 16.3. The Hall–Kier alpha value is -2.07. The van der Waals surface area contributed by atoms with E-state index >= 15 is 0 Å². The molecule has 1 atom stereocenters. The van der Waals surface area contributed by atoms with Crippen molar-refractivity contribution in [2.24, 2.45) is 0 Å². The normalized spacial score (nSPS) is 12.0. The highest BCUT2D eigenvalue weighted by Gasteiger charge is 2.23. The number of carbonyl (C=O) groups excluding carboxylic acids is 2. The molecule has 0 radical (unpaired) electrons. The molecule has 0 bridgehead atoms. The van der Waals surface area contributed by atoms with Gasteiger partial charge < -0.3 is 9.72 Å². The zero-order valence-electron chi connectivity index (χ0n) is 13.0. The SMILES string of the molecule is CC(=O)c1c(C)[nH]c(C(=O)O[C@@H](C)c2ccccc2Cl)c1C. The number of hydrogen-bond acceptors (Lipinski definition) is 3. The molecule has 0 aliphatic carbocycles. The minimum Gasteiger partial charge on any atom is -0.453 e. The Morgan fingerprint density at radius 1 is 1.23 bits per heavy atom. The quantitative estimate of drug-likeness (QED) is 0.671. The summed E-state index contributed by atoms with van der Waals surface area (Å²) >= 11 is 6.11. The Morgan fingerprint density at radius 3 is 2.41 bits per heavy atom. The fourth-order valence-corrected chi connectivity index (χ4v) is 2.86. The Morgan fingerprint density at radius 2 is 1.86 bits per heavy atom. The van der Waals surface area contributed by atoms with E-state index in [0.717, 1.165) is 5.56 Å². The number of aromatic nitrogens is 1. The number of ketones is 1. The van der Waals surface area contributed by atoms with Gasteiger partial charge in [-0.05, 0) is 39.3 Å². The predicted octanol–water partition coefficient (Wildman–Crippen LogP) is 4.41.